The Morgan fingerprint density at radius 1 is 1.36 bits per heavy atom. The maximum Gasteiger partial charge on any atom is 0.337 e. The van der Waals surface area contributed by atoms with Crippen LogP contribution in [0.3, 0.4) is 0 Å². The summed E-state index contributed by atoms with van der Waals surface area (Å²) in [5, 5.41) is 3.89. The third-order valence-electron chi connectivity index (χ3n) is 1.78. The van der Waals surface area contributed by atoms with Crippen LogP contribution in [0.4, 0.5) is 5.69 Å². The van der Waals surface area contributed by atoms with Crippen molar-refractivity contribution in [1.29, 1.82) is 0 Å². The number of methoxy groups -OCH3 is 1. The molecule has 1 rings (SSSR count). The average molecular weight is 194 g/mol. The van der Waals surface area contributed by atoms with Gasteiger partial charge in [0.2, 0.25) is 0 Å². The van der Waals surface area contributed by atoms with Crippen LogP contribution in [0, 0.1) is 4.91 Å². The van der Waals surface area contributed by atoms with Gasteiger partial charge in [0.05, 0.1) is 23.6 Å². The molecule has 5 nitrogen and oxygen atoms in total. The third-order valence-corrected chi connectivity index (χ3v) is 1.78. The Bertz CT molecular complexity index is 334. The monoisotopic (exact) mass is 194 g/mol. The topological polar surface area (TPSA) is 59.0 Å². The summed E-state index contributed by atoms with van der Waals surface area (Å²) in [7, 11) is 2.84. The van der Waals surface area contributed by atoms with Gasteiger partial charge in [-0.05, 0) is 24.3 Å². The molecule has 0 aromatic heterocycles. The zero-order valence-corrected chi connectivity index (χ0v) is 7.93. The van der Waals surface area contributed by atoms with Gasteiger partial charge in [0.25, 0.3) is 0 Å². The van der Waals surface area contributed by atoms with Crippen LogP contribution >= 0.6 is 0 Å². The lowest BCUT2D eigenvalue weighted by atomic mass is 10.2. The molecular formula is C9H10N2O3. The normalized spacial score (nSPS) is 9.29. The van der Waals surface area contributed by atoms with Crippen molar-refractivity contribution in [2.24, 2.45) is 5.29 Å². The second-order valence-electron chi connectivity index (χ2n) is 2.64. The summed E-state index contributed by atoms with van der Waals surface area (Å²) in [5.41, 5.74) is 1.06. The zero-order valence-electron chi connectivity index (χ0n) is 7.93. The van der Waals surface area contributed by atoms with Crippen LogP contribution < -0.4 is 5.01 Å². The first-order valence-electron chi connectivity index (χ1n) is 3.94. The van der Waals surface area contributed by atoms with E-state index in [-0.39, 0.29) is 0 Å². The van der Waals surface area contributed by atoms with Gasteiger partial charge in [0, 0.05) is 7.05 Å². The lowest BCUT2D eigenvalue weighted by Gasteiger charge is -2.08. The summed E-state index contributed by atoms with van der Waals surface area (Å²) in [6.07, 6.45) is 0. The molecule has 0 atom stereocenters. The molecule has 0 bridgehead atoms. The molecule has 14 heavy (non-hydrogen) atoms. The maximum absolute atomic E-state index is 11.0. The summed E-state index contributed by atoms with van der Waals surface area (Å²) >= 11 is 0. The first kappa shape index (κ1) is 10.2. The second-order valence-corrected chi connectivity index (χ2v) is 2.64. The van der Waals surface area contributed by atoms with Gasteiger partial charge in [0.1, 0.15) is 0 Å². The summed E-state index contributed by atoms with van der Waals surface area (Å²) in [5.74, 6) is -0.404. The Kier molecular flexibility index (Phi) is 3.17. The van der Waals surface area contributed by atoms with E-state index >= 15 is 0 Å². The first-order valence-corrected chi connectivity index (χ1v) is 3.94. The number of carbonyl (C=O) groups is 1. The van der Waals surface area contributed by atoms with Crippen molar-refractivity contribution in [3.8, 4) is 0 Å². The van der Waals surface area contributed by atoms with Crippen molar-refractivity contribution in [1.82, 2.24) is 0 Å². The summed E-state index contributed by atoms with van der Waals surface area (Å²) in [6, 6.07) is 6.38. The van der Waals surface area contributed by atoms with E-state index < -0.39 is 5.97 Å². The first-order chi connectivity index (χ1) is 6.69. The number of hydrogen-bond donors (Lipinski definition) is 0. The van der Waals surface area contributed by atoms with Crippen LogP contribution in [0.15, 0.2) is 29.6 Å². The Balaban J connectivity index is 2.88. The molecule has 0 aliphatic rings. The fourth-order valence-corrected chi connectivity index (χ4v) is 0.978. The van der Waals surface area contributed by atoms with Crippen LogP contribution in [0.25, 0.3) is 0 Å². The van der Waals surface area contributed by atoms with Crippen LogP contribution in [-0.4, -0.2) is 20.1 Å². The highest BCUT2D eigenvalue weighted by molar-refractivity contribution is 5.89. The molecular weight excluding hydrogens is 184 g/mol. The van der Waals surface area contributed by atoms with Gasteiger partial charge in [-0.15, -0.1) is 4.91 Å². The molecule has 0 aliphatic heterocycles. The van der Waals surface area contributed by atoms with E-state index in [9.17, 15) is 9.70 Å². The van der Waals surface area contributed by atoms with Gasteiger partial charge in [-0.1, -0.05) is 0 Å². The zero-order chi connectivity index (χ0) is 10.6. The van der Waals surface area contributed by atoms with E-state index in [1.54, 1.807) is 24.3 Å². The standard InChI is InChI=1S/C9H10N2O3/c1-11(10-13)8-5-3-7(4-6-8)9(12)14-2/h3-6H,1-2H3. The SMILES string of the molecule is COC(=O)c1ccc(N(C)N=O)cc1. The molecule has 0 saturated carbocycles. The Morgan fingerprint density at radius 2 is 1.93 bits per heavy atom. The van der Waals surface area contributed by atoms with E-state index in [0.717, 1.165) is 0 Å². The third kappa shape index (κ3) is 2.07. The molecule has 74 valence electrons. The molecule has 0 heterocycles. The van der Waals surface area contributed by atoms with Crippen molar-refractivity contribution in [3.05, 3.63) is 34.7 Å². The summed E-state index contributed by atoms with van der Waals surface area (Å²) in [6.45, 7) is 0. The molecule has 0 fully saturated rings. The minimum absolute atomic E-state index is 0.404. The molecule has 0 radical (unpaired) electrons. The lowest BCUT2D eigenvalue weighted by Crippen LogP contribution is -2.07. The number of carbonyl (C=O) groups excluding carboxylic acids is 1. The number of benzene rings is 1. The molecule has 0 amide bonds. The Labute approximate surface area is 81.2 Å². The summed E-state index contributed by atoms with van der Waals surface area (Å²) < 4.78 is 4.53. The van der Waals surface area contributed by atoms with Crippen molar-refractivity contribution in [2.75, 3.05) is 19.2 Å². The quantitative estimate of drug-likeness (QED) is 0.416. The van der Waals surface area contributed by atoms with Gasteiger partial charge in [-0.2, -0.15) is 0 Å². The number of esters is 1. The van der Waals surface area contributed by atoms with E-state index in [2.05, 4.69) is 10.0 Å². The Morgan fingerprint density at radius 3 is 2.36 bits per heavy atom. The van der Waals surface area contributed by atoms with Gasteiger partial charge in [-0.3, -0.25) is 0 Å². The minimum Gasteiger partial charge on any atom is -0.465 e. The molecule has 5 heteroatoms. The van der Waals surface area contributed by atoms with E-state index in [4.69, 9.17) is 0 Å². The van der Waals surface area contributed by atoms with Crippen LogP contribution in [0.1, 0.15) is 10.4 Å². The predicted octanol–water partition coefficient (Wildman–Crippen LogP) is 1.59. The molecule has 1 aromatic carbocycles. The molecule has 1 aromatic rings. The number of rotatable bonds is 3. The van der Waals surface area contributed by atoms with E-state index in [1.165, 1.54) is 19.2 Å². The van der Waals surface area contributed by atoms with Crippen molar-refractivity contribution in [3.63, 3.8) is 0 Å². The van der Waals surface area contributed by atoms with Crippen molar-refractivity contribution < 1.29 is 9.53 Å². The Hall–Kier alpha value is -1.91. The highest BCUT2D eigenvalue weighted by atomic mass is 16.5. The maximum atomic E-state index is 11.0. The summed E-state index contributed by atoms with van der Waals surface area (Å²) in [4.78, 5) is 21.2. The number of hydrogen-bond acceptors (Lipinski definition) is 4. The number of anilines is 1. The van der Waals surface area contributed by atoms with Crippen molar-refractivity contribution >= 4 is 11.7 Å². The lowest BCUT2D eigenvalue weighted by molar-refractivity contribution is 0.0601. The molecule has 0 spiro atoms. The average Bonchev–Trinajstić information content (AvgIpc) is 2.27. The molecule has 0 unspecified atom stereocenters. The molecule has 0 saturated heterocycles. The molecule has 0 N–H and O–H groups in total. The van der Waals surface area contributed by atoms with Gasteiger partial charge in [-0.25, -0.2) is 9.80 Å². The smallest absolute Gasteiger partial charge is 0.337 e. The second kappa shape index (κ2) is 4.36. The number of nitroso groups, excluding NO2 is 1. The highest BCUT2D eigenvalue weighted by Gasteiger charge is 2.05. The van der Waals surface area contributed by atoms with Crippen LogP contribution in [-0.2, 0) is 4.74 Å². The molecule has 0 aliphatic carbocycles. The largest absolute Gasteiger partial charge is 0.465 e. The van der Waals surface area contributed by atoms with Crippen LogP contribution in [0.2, 0.25) is 0 Å². The predicted molar refractivity (Wildman–Crippen MR) is 52.0 cm³/mol. The highest BCUT2D eigenvalue weighted by Crippen LogP contribution is 2.14. The van der Waals surface area contributed by atoms with Gasteiger partial charge < -0.3 is 4.74 Å². The number of ether oxygens (including phenoxy) is 1. The van der Waals surface area contributed by atoms with Crippen molar-refractivity contribution in [2.45, 2.75) is 0 Å². The van der Waals surface area contributed by atoms with E-state index in [0.29, 0.717) is 11.3 Å². The number of nitrogens with zero attached hydrogens (tertiary/aromatic N) is 2. The fraction of sp³-hybridized carbons (Fsp3) is 0.222. The minimum atomic E-state index is -0.404. The van der Waals surface area contributed by atoms with Crippen LogP contribution in [0.5, 0.6) is 0 Å². The van der Waals surface area contributed by atoms with Gasteiger partial charge in [0.15, 0.2) is 0 Å². The van der Waals surface area contributed by atoms with E-state index in [1.807, 2.05) is 0 Å². The fourth-order valence-electron chi connectivity index (χ4n) is 0.978. The van der Waals surface area contributed by atoms with Gasteiger partial charge >= 0.3 is 5.97 Å².